The lowest BCUT2D eigenvalue weighted by Crippen LogP contribution is -2.13. The highest BCUT2D eigenvalue weighted by atomic mass is 19.1. The third-order valence-electron chi connectivity index (χ3n) is 2.30. The molecule has 70 valence electrons. The maximum atomic E-state index is 12.7. The number of aromatic nitrogens is 1. The van der Waals surface area contributed by atoms with E-state index in [0.29, 0.717) is 11.5 Å². The normalized spacial score (nSPS) is 18.7. The van der Waals surface area contributed by atoms with Crippen LogP contribution in [0, 0.1) is 17.8 Å². The Morgan fingerprint density at radius 3 is 2.31 bits per heavy atom. The molecule has 0 spiro atoms. The molecule has 0 bridgehead atoms. The quantitative estimate of drug-likeness (QED) is 0.711. The molecule has 0 saturated heterocycles. The average molecular weight is 184 g/mol. The highest BCUT2D eigenvalue weighted by Crippen LogP contribution is 2.39. The molecule has 1 saturated carbocycles. The maximum Gasteiger partial charge on any atom is 0.215 e. The molecule has 0 unspecified atom stereocenters. The molecule has 1 aliphatic rings. The first-order valence-electron chi connectivity index (χ1n) is 4.25. The van der Waals surface area contributed by atoms with Crippen LogP contribution in [-0.4, -0.2) is 4.98 Å². The molecule has 2 N–H and O–H groups in total. The maximum absolute atomic E-state index is 12.7. The zero-order valence-electron chi connectivity index (χ0n) is 7.00. The fourth-order valence-electron chi connectivity index (χ4n) is 1.40. The molecule has 1 fully saturated rings. The van der Waals surface area contributed by atoms with Crippen LogP contribution in [0.15, 0.2) is 12.1 Å². The summed E-state index contributed by atoms with van der Waals surface area (Å²) in [4.78, 5) is 3.01. The van der Waals surface area contributed by atoms with Crippen molar-refractivity contribution in [1.29, 1.82) is 0 Å². The van der Waals surface area contributed by atoms with E-state index in [4.69, 9.17) is 5.73 Å². The summed E-state index contributed by atoms with van der Waals surface area (Å²) in [6.07, 6.45) is 2.10. The number of halogens is 2. The molecule has 2 rings (SSSR count). The Hall–Kier alpha value is -1.03. The van der Waals surface area contributed by atoms with Crippen LogP contribution in [0.2, 0.25) is 0 Å². The highest BCUT2D eigenvalue weighted by Gasteiger charge is 2.30. The van der Waals surface area contributed by atoms with Crippen LogP contribution in [0.25, 0.3) is 0 Å². The Balaban J connectivity index is 2.27. The van der Waals surface area contributed by atoms with Crippen molar-refractivity contribution in [2.75, 3.05) is 0 Å². The Morgan fingerprint density at radius 1 is 1.31 bits per heavy atom. The van der Waals surface area contributed by atoms with Gasteiger partial charge in [0.15, 0.2) is 0 Å². The summed E-state index contributed by atoms with van der Waals surface area (Å²) in [6, 6.07) is 2.16. The molecule has 1 aromatic heterocycles. The van der Waals surface area contributed by atoms with Gasteiger partial charge in [0.05, 0.1) is 0 Å². The van der Waals surface area contributed by atoms with Gasteiger partial charge in [-0.05, 0) is 36.5 Å². The minimum atomic E-state index is -0.800. The monoisotopic (exact) mass is 184 g/mol. The predicted molar refractivity (Wildman–Crippen MR) is 43.8 cm³/mol. The van der Waals surface area contributed by atoms with Gasteiger partial charge in [0.2, 0.25) is 11.9 Å². The summed E-state index contributed by atoms with van der Waals surface area (Å²) in [6.45, 7) is 0. The van der Waals surface area contributed by atoms with Crippen LogP contribution in [-0.2, 0) is 0 Å². The summed E-state index contributed by atoms with van der Waals surface area (Å²) in [5.41, 5.74) is 6.28. The summed E-state index contributed by atoms with van der Waals surface area (Å²) in [5, 5.41) is 0. The van der Waals surface area contributed by atoms with Crippen molar-refractivity contribution in [2.45, 2.75) is 18.9 Å². The summed E-state index contributed by atoms with van der Waals surface area (Å²) < 4.78 is 25.3. The van der Waals surface area contributed by atoms with E-state index in [1.807, 2.05) is 0 Å². The SMILES string of the molecule is N[C@H](c1cc(F)nc(F)c1)C1CC1. The van der Waals surface area contributed by atoms with Crippen LogP contribution in [0.1, 0.15) is 24.4 Å². The summed E-state index contributed by atoms with van der Waals surface area (Å²) in [5.74, 6) is -1.21. The molecular weight excluding hydrogens is 174 g/mol. The number of pyridine rings is 1. The smallest absolute Gasteiger partial charge is 0.215 e. The highest BCUT2D eigenvalue weighted by molar-refractivity contribution is 5.18. The van der Waals surface area contributed by atoms with Gasteiger partial charge in [0.1, 0.15) is 0 Å². The molecule has 0 aromatic carbocycles. The Labute approximate surface area is 74.8 Å². The van der Waals surface area contributed by atoms with Gasteiger partial charge in [-0.1, -0.05) is 0 Å². The van der Waals surface area contributed by atoms with Crippen LogP contribution in [0.3, 0.4) is 0 Å². The largest absolute Gasteiger partial charge is 0.324 e. The summed E-state index contributed by atoms with van der Waals surface area (Å²) >= 11 is 0. The first kappa shape index (κ1) is 8.56. The third kappa shape index (κ3) is 1.83. The van der Waals surface area contributed by atoms with Gasteiger partial charge in [-0.25, -0.2) is 0 Å². The molecule has 13 heavy (non-hydrogen) atoms. The Bertz CT molecular complexity index is 303. The minimum Gasteiger partial charge on any atom is -0.324 e. The second-order valence-corrected chi connectivity index (χ2v) is 3.41. The molecule has 0 radical (unpaired) electrons. The van der Waals surface area contributed by atoms with E-state index in [-0.39, 0.29) is 6.04 Å². The third-order valence-corrected chi connectivity index (χ3v) is 2.30. The first-order chi connectivity index (χ1) is 6.16. The second-order valence-electron chi connectivity index (χ2n) is 3.41. The van der Waals surface area contributed by atoms with Crippen molar-refractivity contribution in [2.24, 2.45) is 11.7 Å². The predicted octanol–water partition coefficient (Wildman–Crippen LogP) is 1.77. The number of nitrogens with two attached hydrogens (primary N) is 1. The van der Waals surface area contributed by atoms with Crippen molar-refractivity contribution in [1.82, 2.24) is 4.98 Å². The fourth-order valence-corrected chi connectivity index (χ4v) is 1.40. The lowest BCUT2D eigenvalue weighted by Gasteiger charge is -2.09. The summed E-state index contributed by atoms with van der Waals surface area (Å²) in [7, 11) is 0. The van der Waals surface area contributed by atoms with Crippen molar-refractivity contribution in [3.8, 4) is 0 Å². The zero-order valence-corrected chi connectivity index (χ0v) is 7.00. The van der Waals surface area contributed by atoms with E-state index in [1.54, 1.807) is 0 Å². The van der Waals surface area contributed by atoms with Crippen LogP contribution < -0.4 is 5.73 Å². The number of hydrogen-bond acceptors (Lipinski definition) is 2. The van der Waals surface area contributed by atoms with E-state index in [9.17, 15) is 8.78 Å². The van der Waals surface area contributed by atoms with Gasteiger partial charge in [-0.3, -0.25) is 0 Å². The minimum absolute atomic E-state index is 0.244. The molecule has 2 nitrogen and oxygen atoms in total. The molecule has 1 aliphatic carbocycles. The van der Waals surface area contributed by atoms with Crippen molar-refractivity contribution >= 4 is 0 Å². The van der Waals surface area contributed by atoms with Crippen LogP contribution in [0.5, 0.6) is 0 Å². The Kier molecular flexibility index (Phi) is 2.00. The van der Waals surface area contributed by atoms with Gasteiger partial charge >= 0.3 is 0 Å². The topological polar surface area (TPSA) is 38.9 Å². The molecule has 4 heteroatoms. The van der Waals surface area contributed by atoms with Crippen molar-refractivity contribution in [3.05, 3.63) is 29.6 Å². The van der Waals surface area contributed by atoms with Gasteiger partial charge in [0.25, 0.3) is 0 Å². The average Bonchev–Trinajstić information content (AvgIpc) is 2.83. The van der Waals surface area contributed by atoms with Gasteiger partial charge in [-0.15, -0.1) is 0 Å². The lowest BCUT2D eigenvalue weighted by molar-refractivity contribution is 0.501. The number of nitrogens with zero attached hydrogens (tertiary/aromatic N) is 1. The Morgan fingerprint density at radius 2 is 1.85 bits per heavy atom. The zero-order chi connectivity index (χ0) is 9.42. The molecule has 0 amide bonds. The molecule has 0 aliphatic heterocycles. The van der Waals surface area contributed by atoms with Crippen molar-refractivity contribution < 1.29 is 8.78 Å². The van der Waals surface area contributed by atoms with E-state index < -0.39 is 11.9 Å². The fraction of sp³-hybridized carbons (Fsp3) is 0.444. The molecular formula is C9H10F2N2. The first-order valence-corrected chi connectivity index (χ1v) is 4.25. The van der Waals surface area contributed by atoms with Gasteiger partial charge < -0.3 is 5.73 Å². The van der Waals surface area contributed by atoms with Crippen LogP contribution >= 0.6 is 0 Å². The standard InChI is InChI=1S/C9H10F2N2/c10-7-3-6(4-8(11)13-7)9(12)5-1-2-5/h3-5,9H,1-2,12H2/t9-/m0/s1. The van der Waals surface area contributed by atoms with Gasteiger partial charge in [-0.2, -0.15) is 13.8 Å². The number of hydrogen-bond donors (Lipinski definition) is 1. The van der Waals surface area contributed by atoms with E-state index in [0.717, 1.165) is 12.8 Å². The van der Waals surface area contributed by atoms with Crippen molar-refractivity contribution in [3.63, 3.8) is 0 Å². The lowest BCUT2D eigenvalue weighted by atomic mass is 10.1. The van der Waals surface area contributed by atoms with Gasteiger partial charge in [0, 0.05) is 6.04 Å². The van der Waals surface area contributed by atoms with E-state index in [2.05, 4.69) is 4.98 Å². The van der Waals surface area contributed by atoms with E-state index >= 15 is 0 Å². The molecule has 1 aromatic rings. The van der Waals surface area contributed by atoms with Crippen LogP contribution in [0.4, 0.5) is 8.78 Å². The molecule has 1 atom stereocenters. The van der Waals surface area contributed by atoms with E-state index in [1.165, 1.54) is 12.1 Å². The number of rotatable bonds is 2. The molecule has 1 heterocycles. The second kappa shape index (κ2) is 3.03.